The van der Waals surface area contributed by atoms with Crippen LogP contribution in [0.25, 0.3) is 0 Å². The second-order valence-electron chi connectivity index (χ2n) is 8.94. The van der Waals surface area contributed by atoms with E-state index >= 15 is 0 Å². The Labute approximate surface area is 165 Å². The van der Waals surface area contributed by atoms with Crippen LogP contribution in [0.1, 0.15) is 40.2 Å². The van der Waals surface area contributed by atoms with Crippen molar-refractivity contribution in [2.75, 3.05) is 6.61 Å². The minimum absolute atomic E-state index is 0.278. The fourth-order valence-corrected chi connectivity index (χ4v) is 6.71. The molecule has 1 aromatic rings. The van der Waals surface area contributed by atoms with Crippen molar-refractivity contribution in [1.29, 1.82) is 0 Å². The molecule has 6 atom stereocenters. The Morgan fingerprint density at radius 2 is 1.61 bits per heavy atom. The molecule has 3 saturated heterocycles. The molecule has 3 fully saturated rings. The molecule has 0 amide bonds. The summed E-state index contributed by atoms with van der Waals surface area (Å²) >= 11 is 0. The van der Waals surface area contributed by atoms with Crippen LogP contribution < -0.4 is 5.30 Å². The Balaban J connectivity index is 1.78. The van der Waals surface area contributed by atoms with E-state index < -0.39 is 48.7 Å². The molecule has 28 heavy (non-hydrogen) atoms. The molecule has 0 saturated carbocycles. The van der Waals surface area contributed by atoms with Gasteiger partial charge >= 0.3 is 0 Å². The molecule has 1 N–H and O–H groups in total. The number of rotatable bonds is 2. The van der Waals surface area contributed by atoms with E-state index in [-0.39, 0.29) is 6.61 Å². The van der Waals surface area contributed by atoms with Gasteiger partial charge in [0.2, 0.25) is 0 Å². The van der Waals surface area contributed by atoms with Crippen LogP contribution >= 0.6 is 7.37 Å². The molecular weight excluding hydrogens is 383 g/mol. The summed E-state index contributed by atoms with van der Waals surface area (Å²) in [7, 11) is -3.75. The number of ether oxygens (including phenoxy) is 4. The predicted molar refractivity (Wildman–Crippen MR) is 103 cm³/mol. The fourth-order valence-electron chi connectivity index (χ4n) is 4.18. The average molecular weight is 412 g/mol. The van der Waals surface area contributed by atoms with E-state index in [4.69, 9.17) is 23.5 Å². The van der Waals surface area contributed by atoms with Crippen molar-refractivity contribution in [1.82, 2.24) is 0 Å². The Kier molecular flexibility index (Phi) is 4.65. The van der Waals surface area contributed by atoms with Crippen LogP contribution in [-0.2, 0) is 28.0 Å². The first-order chi connectivity index (χ1) is 12.8. The lowest BCUT2D eigenvalue weighted by Gasteiger charge is -2.47. The molecule has 1 unspecified atom stereocenters. The molecule has 1 aromatic carbocycles. The smallest absolute Gasteiger partial charge is 0.265 e. The van der Waals surface area contributed by atoms with Gasteiger partial charge in [-0.25, -0.2) is 0 Å². The van der Waals surface area contributed by atoms with Crippen LogP contribution in [0.15, 0.2) is 24.3 Å². The van der Waals surface area contributed by atoms with E-state index in [1.165, 1.54) is 6.92 Å². The van der Waals surface area contributed by atoms with Crippen LogP contribution in [0.4, 0.5) is 0 Å². The summed E-state index contributed by atoms with van der Waals surface area (Å²) in [5.41, 5.74) is 1.03. The quantitative estimate of drug-likeness (QED) is 0.748. The van der Waals surface area contributed by atoms with Gasteiger partial charge in [-0.05, 0) is 53.7 Å². The minimum Gasteiger partial charge on any atom is -0.377 e. The third-order valence-corrected chi connectivity index (χ3v) is 8.59. The third kappa shape index (κ3) is 3.18. The maximum Gasteiger partial charge on any atom is 0.265 e. The highest BCUT2D eigenvalue weighted by Gasteiger charge is 2.67. The number of aryl methyl sites for hydroxylation is 1. The predicted octanol–water partition coefficient (Wildman–Crippen LogP) is 2.68. The van der Waals surface area contributed by atoms with Crippen LogP contribution in [0.3, 0.4) is 0 Å². The maximum atomic E-state index is 14.2. The molecule has 3 heterocycles. The first-order valence-electron chi connectivity index (χ1n) is 9.60. The lowest BCUT2D eigenvalue weighted by molar-refractivity contribution is -0.174. The molecular formula is C20H29O7P. The zero-order valence-electron chi connectivity index (χ0n) is 17.2. The monoisotopic (exact) mass is 412 g/mol. The summed E-state index contributed by atoms with van der Waals surface area (Å²) in [6.45, 7) is 10.9. The topological polar surface area (TPSA) is 83.5 Å². The molecule has 156 valence electrons. The maximum absolute atomic E-state index is 14.2. The van der Waals surface area contributed by atoms with Gasteiger partial charge in [0, 0.05) is 5.30 Å². The standard InChI is InChI=1S/C20H29O7P/c1-12-7-9-13(10-8-12)28(22)20(6,21)17-16(25-19(4,5)26-17)15(27-28)14-11-23-18(2,3)24-14/h7-10,14-17,21H,11H2,1-6H3/t14-,15-,16+,17+,20-,28?/m1/s1. The minimum atomic E-state index is -3.75. The first kappa shape index (κ1) is 20.5. The van der Waals surface area contributed by atoms with Crippen LogP contribution in [0.5, 0.6) is 0 Å². The van der Waals surface area contributed by atoms with E-state index in [0.717, 1.165) is 5.56 Å². The van der Waals surface area contributed by atoms with Gasteiger partial charge in [-0.3, -0.25) is 4.57 Å². The summed E-state index contributed by atoms with van der Waals surface area (Å²) in [5.74, 6) is -1.72. The molecule has 3 aliphatic heterocycles. The molecule has 8 heteroatoms. The second kappa shape index (κ2) is 6.35. The van der Waals surface area contributed by atoms with Crippen molar-refractivity contribution >= 4 is 12.7 Å². The summed E-state index contributed by atoms with van der Waals surface area (Å²) in [6, 6.07) is 7.17. The average Bonchev–Trinajstić information content (AvgIpc) is 3.11. The van der Waals surface area contributed by atoms with Gasteiger partial charge in [0.15, 0.2) is 16.9 Å². The summed E-state index contributed by atoms with van der Waals surface area (Å²) in [4.78, 5) is 0. The normalized spacial score (nSPS) is 44.4. The van der Waals surface area contributed by atoms with Gasteiger partial charge in [0.05, 0.1) is 6.61 Å². The SMILES string of the molecule is Cc1ccc(P2(=O)O[C@H]([C@H]3COC(C)(C)O3)[C@@H]3OC(C)(C)O[C@@H]3[C@]2(C)O)cc1. The number of benzene rings is 1. The first-order valence-corrected chi connectivity index (χ1v) is 11.2. The highest BCUT2D eigenvalue weighted by molar-refractivity contribution is 7.68. The number of aliphatic hydroxyl groups is 1. The fraction of sp³-hybridized carbons (Fsp3) is 0.700. The van der Waals surface area contributed by atoms with E-state index in [1.54, 1.807) is 26.0 Å². The summed E-state index contributed by atoms with van der Waals surface area (Å²) in [5, 5.41) is 10.1. The molecule has 0 bridgehead atoms. The summed E-state index contributed by atoms with van der Waals surface area (Å²) in [6.07, 6.45) is -2.67. The highest BCUT2D eigenvalue weighted by Crippen LogP contribution is 2.65. The van der Waals surface area contributed by atoms with Gasteiger partial charge < -0.3 is 28.6 Å². The Hall–Kier alpha value is -0.790. The van der Waals surface area contributed by atoms with E-state index in [9.17, 15) is 9.67 Å². The van der Waals surface area contributed by atoms with E-state index in [0.29, 0.717) is 5.30 Å². The van der Waals surface area contributed by atoms with Crippen molar-refractivity contribution < 1.29 is 33.1 Å². The van der Waals surface area contributed by atoms with Gasteiger partial charge in [-0.1, -0.05) is 17.7 Å². The van der Waals surface area contributed by atoms with E-state index in [2.05, 4.69) is 0 Å². The van der Waals surface area contributed by atoms with Crippen LogP contribution in [-0.4, -0.2) is 53.0 Å². The molecule has 7 nitrogen and oxygen atoms in total. The van der Waals surface area contributed by atoms with Crippen molar-refractivity contribution in [3.8, 4) is 0 Å². The highest BCUT2D eigenvalue weighted by atomic mass is 31.2. The molecule has 0 aromatic heterocycles. The van der Waals surface area contributed by atoms with Gasteiger partial charge in [0.1, 0.15) is 24.4 Å². The van der Waals surface area contributed by atoms with Crippen molar-refractivity contribution in [2.45, 2.75) is 82.9 Å². The van der Waals surface area contributed by atoms with Crippen molar-refractivity contribution in [2.24, 2.45) is 0 Å². The zero-order chi connectivity index (χ0) is 20.5. The van der Waals surface area contributed by atoms with Crippen LogP contribution in [0, 0.1) is 6.92 Å². The number of hydrogen-bond acceptors (Lipinski definition) is 7. The number of fused-ring (bicyclic) bond motifs is 1. The largest absolute Gasteiger partial charge is 0.377 e. The molecule has 0 radical (unpaired) electrons. The molecule has 0 spiro atoms. The van der Waals surface area contributed by atoms with Gasteiger partial charge in [-0.2, -0.15) is 0 Å². The Morgan fingerprint density at radius 3 is 2.18 bits per heavy atom. The lowest BCUT2D eigenvalue weighted by Crippen LogP contribution is -2.60. The Morgan fingerprint density at radius 1 is 0.964 bits per heavy atom. The van der Waals surface area contributed by atoms with Gasteiger partial charge in [-0.15, -0.1) is 0 Å². The zero-order valence-corrected chi connectivity index (χ0v) is 18.1. The number of hydrogen-bond donors (Lipinski definition) is 1. The Bertz CT molecular complexity index is 801. The molecule has 0 aliphatic carbocycles. The summed E-state index contributed by atoms with van der Waals surface area (Å²) < 4.78 is 44.2. The van der Waals surface area contributed by atoms with E-state index in [1.807, 2.05) is 32.9 Å². The van der Waals surface area contributed by atoms with Crippen molar-refractivity contribution in [3.63, 3.8) is 0 Å². The van der Waals surface area contributed by atoms with Crippen molar-refractivity contribution in [3.05, 3.63) is 29.8 Å². The third-order valence-electron chi connectivity index (χ3n) is 5.63. The van der Waals surface area contributed by atoms with Crippen LogP contribution in [0.2, 0.25) is 0 Å². The van der Waals surface area contributed by atoms with Gasteiger partial charge in [0.25, 0.3) is 7.37 Å². The second-order valence-corrected chi connectivity index (χ2v) is 11.7. The lowest BCUT2D eigenvalue weighted by atomic mass is 9.99. The molecule has 3 aliphatic rings. The molecule has 4 rings (SSSR count).